The lowest BCUT2D eigenvalue weighted by molar-refractivity contribution is 1.18. The van der Waals surface area contributed by atoms with Crippen molar-refractivity contribution in [2.75, 3.05) is 0 Å². The summed E-state index contributed by atoms with van der Waals surface area (Å²) in [6.07, 6.45) is 15.0. The molecule has 0 bridgehead atoms. The Balaban J connectivity index is 1.10. The molecule has 6 aromatic heterocycles. The van der Waals surface area contributed by atoms with Crippen LogP contribution in [-0.2, 0) is 0 Å². The lowest BCUT2D eigenvalue weighted by atomic mass is 9.98. The average molecular weight is 793 g/mol. The van der Waals surface area contributed by atoms with Crippen LogP contribution in [0.2, 0.25) is 0 Å². The largest absolute Gasteiger partial charge is 0.309 e. The molecule has 0 saturated carbocycles. The minimum Gasteiger partial charge on any atom is -0.309 e. The van der Waals surface area contributed by atoms with E-state index in [1.807, 2.05) is 73.8 Å². The molecule has 0 aliphatic carbocycles. The molecule has 0 aliphatic heterocycles. The van der Waals surface area contributed by atoms with Crippen LogP contribution in [0.5, 0.6) is 0 Å². The van der Waals surface area contributed by atoms with E-state index in [1.165, 1.54) is 27.1 Å². The van der Waals surface area contributed by atoms with Crippen molar-refractivity contribution in [2.45, 2.75) is 0 Å². The van der Waals surface area contributed by atoms with E-state index in [4.69, 9.17) is 0 Å². The molecule has 62 heavy (non-hydrogen) atoms. The van der Waals surface area contributed by atoms with Crippen LogP contribution in [-0.4, -0.2) is 29.1 Å². The summed E-state index contributed by atoms with van der Waals surface area (Å²) in [4.78, 5) is 17.9. The Kier molecular flexibility index (Phi) is 8.38. The summed E-state index contributed by atoms with van der Waals surface area (Å²) in [5, 5.41) is 4.80. The van der Waals surface area contributed by atoms with Crippen molar-refractivity contribution in [3.05, 3.63) is 219 Å². The summed E-state index contributed by atoms with van der Waals surface area (Å²) in [7, 11) is 0. The average Bonchev–Trinajstić information content (AvgIpc) is 3.87. The number of aromatic nitrogens is 6. The predicted molar refractivity (Wildman–Crippen MR) is 253 cm³/mol. The minimum atomic E-state index is 1.06. The topological polar surface area (TPSA) is 61.4 Å². The van der Waals surface area contributed by atoms with E-state index in [0.29, 0.717) is 0 Å². The zero-order valence-corrected chi connectivity index (χ0v) is 33.5. The van der Waals surface area contributed by atoms with Gasteiger partial charge in [0, 0.05) is 105 Å². The van der Waals surface area contributed by atoms with Crippen LogP contribution >= 0.6 is 0 Å². The minimum absolute atomic E-state index is 1.06. The Hall–Kier alpha value is -8.48. The number of nitrogens with zero attached hydrogens (tertiary/aromatic N) is 6. The van der Waals surface area contributed by atoms with Gasteiger partial charge in [0.25, 0.3) is 0 Å². The summed E-state index contributed by atoms with van der Waals surface area (Å²) < 4.78 is 4.83. The molecule has 6 heteroatoms. The number of pyridine rings is 4. The lowest BCUT2D eigenvalue weighted by Gasteiger charge is -2.15. The van der Waals surface area contributed by atoms with Crippen LogP contribution in [0.4, 0.5) is 0 Å². The highest BCUT2D eigenvalue weighted by molar-refractivity contribution is 6.17. The predicted octanol–water partition coefficient (Wildman–Crippen LogP) is 13.8. The van der Waals surface area contributed by atoms with E-state index in [-0.39, 0.29) is 0 Å². The first kappa shape index (κ1) is 35.5. The number of fused-ring (bicyclic) bond motifs is 6. The number of para-hydroxylation sites is 2. The van der Waals surface area contributed by atoms with Gasteiger partial charge in [0.2, 0.25) is 0 Å². The molecular weight excluding hydrogens is 757 g/mol. The summed E-state index contributed by atoms with van der Waals surface area (Å²) >= 11 is 0. The Morgan fingerprint density at radius 2 is 0.710 bits per heavy atom. The fraction of sp³-hybridized carbons (Fsp3) is 0. The Labute approximate surface area is 357 Å². The van der Waals surface area contributed by atoms with Crippen LogP contribution in [0, 0.1) is 0 Å². The molecule has 0 N–H and O–H groups in total. The Morgan fingerprint density at radius 1 is 0.274 bits per heavy atom. The molecule has 0 radical (unpaired) electrons. The van der Waals surface area contributed by atoms with E-state index in [1.54, 1.807) is 0 Å². The molecule has 12 aromatic rings. The molecule has 0 unspecified atom stereocenters. The molecule has 6 nitrogen and oxygen atoms in total. The van der Waals surface area contributed by atoms with E-state index in [9.17, 15) is 0 Å². The van der Waals surface area contributed by atoms with E-state index in [0.717, 1.165) is 83.5 Å². The van der Waals surface area contributed by atoms with Crippen molar-refractivity contribution in [1.82, 2.24) is 29.1 Å². The quantitative estimate of drug-likeness (QED) is 0.161. The molecule has 290 valence electrons. The van der Waals surface area contributed by atoms with Gasteiger partial charge in [-0.15, -0.1) is 0 Å². The van der Waals surface area contributed by atoms with E-state index in [2.05, 4.69) is 175 Å². The Morgan fingerprint density at radius 3 is 1.21 bits per heavy atom. The fourth-order valence-electron chi connectivity index (χ4n) is 9.24. The highest BCUT2D eigenvalue weighted by Gasteiger charge is 2.20. The second-order valence-electron chi connectivity index (χ2n) is 15.6. The number of hydrogen-bond donors (Lipinski definition) is 0. The number of hydrogen-bond acceptors (Lipinski definition) is 4. The van der Waals surface area contributed by atoms with Gasteiger partial charge in [-0.05, 0) is 118 Å². The molecule has 6 heterocycles. The van der Waals surface area contributed by atoms with Crippen LogP contribution in [0.15, 0.2) is 219 Å². The molecule has 0 aliphatic rings. The Bertz CT molecular complexity index is 3500. The molecule has 0 atom stereocenters. The summed E-state index contributed by atoms with van der Waals surface area (Å²) in [5.41, 5.74) is 17.6. The second kappa shape index (κ2) is 14.7. The zero-order valence-electron chi connectivity index (χ0n) is 33.5. The van der Waals surface area contributed by atoms with Crippen molar-refractivity contribution in [3.8, 4) is 67.0 Å². The number of rotatable bonds is 7. The molecule has 6 aromatic carbocycles. The van der Waals surface area contributed by atoms with Crippen molar-refractivity contribution >= 4 is 43.6 Å². The molecule has 0 amide bonds. The maximum Gasteiger partial charge on any atom is 0.0547 e. The summed E-state index contributed by atoms with van der Waals surface area (Å²) in [6.45, 7) is 0. The van der Waals surface area contributed by atoms with Gasteiger partial charge >= 0.3 is 0 Å². The first-order valence-corrected chi connectivity index (χ1v) is 20.7. The third kappa shape index (κ3) is 5.96. The third-order valence-electron chi connectivity index (χ3n) is 12.0. The SMILES string of the molecule is c1cncc(-c2cc(-c3cccnc3)cc(-n3c4ccccc4c4ccc(-c5cccc6c5c5ccccc5n6-c5cc(-c6cccnc6)cc(-c6cccnc6)c5)cc43)c2)c1. The van der Waals surface area contributed by atoms with Crippen molar-refractivity contribution in [2.24, 2.45) is 0 Å². The van der Waals surface area contributed by atoms with Gasteiger partial charge in [-0.1, -0.05) is 84.9 Å². The monoisotopic (exact) mass is 792 g/mol. The smallest absolute Gasteiger partial charge is 0.0547 e. The van der Waals surface area contributed by atoms with Gasteiger partial charge in [-0.3, -0.25) is 19.9 Å². The van der Waals surface area contributed by atoms with Gasteiger partial charge in [-0.25, -0.2) is 0 Å². The van der Waals surface area contributed by atoms with E-state index >= 15 is 0 Å². The third-order valence-corrected chi connectivity index (χ3v) is 12.0. The van der Waals surface area contributed by atoms with Crippen molar-refractivity contribution in [3.63, 3.8) is 0 Å². The molecule has 0 fully saturated rings. The van der Waals surface area contributed by atoms with Gasteiger partial charge in [0.15, 0.2) is 0 Å². The first-order valence-electron chi connectivity index (χ1n) is 20.7. The first-order chi connectivity index (χ1) is 30.7. The summed E-state index contributed by atoms with van der Waals surface area (Å²) in [6, 6.07) is 61.2. The van der Waals surface area contributed by atoms with Gasteiger partial charge in [-0.2, -0.15) is 0 Å². The van der Waals surface area contributed by atoms with Crippen LogP contribution in [0.25, 0.3) is 111 Å². The lowest BCUT2D eigenvalue weighted by Crippen LogP contribution is -1.97. The van der Waals surface area contributed by atoms with Gasteiger partial charge in [0.1, 0.15) is 0 Å². The fourth-order valence-corrected chi connectivity index (χ4v) is 9.24. The van der Waals surface area contributed by atoms with Crippen LogP contribution < -0.4 is 0 Å². The van der Waals surface area contributed by atoms with Crippen molar-refractivity contribution in [1.29, 1.82) is 0 Å². The van der Waals surface area contributed by atoms with Crippen LogP contribution in [0.1, 0.15) is 0 Å². The molecule has 0 spiro atoms. The van der Waals surface area contributed by atoms with Crippen LogP contribution in [0.3, 0.4) is 0 Å². The van der Waals surface area contributed by atoms with Gasteiger partial charge < -0.3 is 9.13 Å². The highest BCUT2D eigenvalue weighted by Crippen LogP contribution is 2.43. The maximum absolute atomic E-state index is 4.48. The summed E-state index contributed by atoms with van der Waals surface area (Å²) in [5.74, 6) is 0. The zero-order chi connectivity index (χ0) is 41.0. The molecular formula is C56H36N6. The second-order valence-corrected chi connectivity index (χ2v) is 15.6. The van der Waals surface area contributed by atoms with Crippen molar-refractivity contribution < 1.29 is 0 Å². The molecule has 0 saturated heterocycles. The van der Waals surface area contributed by atoms with E-state index < -0.39 is 0 Å². The molecule has 12 rings (SSSR count). The number of benzene rings is 6. The van der Waals surface area contributed by atoms with Gasteiger partial charge in [0.05, 0.1) is 22.1 Å². The highest BCUT2D eigenvalue weighted by atomic mass is 15.0. The maximum atomic E-state index is 4.48. The standard InChI is InChI=1S/C56H36N6/c1-3-17-52-49(14-1)50-21-20-37(32-55(50)62(52)47-30-44(40-12-8-24-59-35-40)27-45(31-47)41-13-9-25-60-36-41)48-16-5-19-54-56(48)51-15-2-4-18-53(51)61(54)46-28-42(38-10-6-22-57-33-38)26-43(29-46)39-11-7-23-58-34-39/h1-36H. The normalized spacial score (nSPS) is 11.5.